The van der Waals surface area contributed by atoms with Crippen LogP contribution in [0.5, 0.6) is 0 Å². The molecule has 0 unspecified atom stereocenters. The van der Waals surface area contributed by atoms with Gasteiger partial charge in [-0.15, -0.1) is 0 Å². The lowest BCUT2D eigenvalue weighted by molar-refractivity contribution is -0.133. The normalized spacial score (nSPS) is 19.5. The van der Waals surface area contributed by atoms with Gasteiger partial charge in [0.2, 0.25) is 12.3 Å². The number of hydrogen-bond acceptors (Lipinski definition) is 1. The fraction of sp³-hybridized carbons (Fsp3) is 0.889. The highest BCUT2D eigenvalue weighted by Gasteiger charge is 2.27. The van der Waals surface area contributed by atoms with E-state index in [1.807, 2.05) is 0 Å². The highest BCUT2D eigenvalue weighted by molar-refractivity contribution is 5.75. The molecule has 1 aliphatic heterocycles. The van der Waals surface area contributed by atoms with Crippen molar-refractivity contribution in [2.75, 3.05) is 13.1 Å². The molecule has 1 amide bonds. The molecular weight excluding hydrogens is 176 g/mol. The third-order valence-electron chi connectivity index (χ3n) is 2.55. The molecule has 0 spiro atoms. The first-order valence-electron chi connectivity index (χ1n) is 4.71. The molecule has 0 aliphatic carbocycles. The Bertz CT molecular complexity index is 176. The first-order valence-corrected chi connectivity index (χ1v) is 4.71. The average Bonchev–Trinajstić information content (AvgIpc) is 2.17. The maximum absolute atomic E-state index is 12.2. The Morgan fingerprint density at radius 3 is 2.38 bits per heavy atom. The summed E-state index contributed by atoms with van der Waals surface area (Å²) < 4.78 is 24.5. The number of carbonyl (C=O) groups is 1. The molecule has 1 aliphatic rings. The summed E-state index contributed by atoms with van der Waals surface area (Å²) in [6.45, 7) is 2.80. The number of nitrogens with zero attached hydrogens (tertiary/aromatic N) is 1. The van der Waals surface area contributed by atoms with Crippen LogP contribution in [0.15, 0.2) is 0 Å². The Morgan fingerprint density at radius 1 is 1.46 bits per heavy atom. The highest BCUT2D eigenvalue weighted by Crippen LogP contribution is 2.23. The molecule has 0 aromatic heterocycles. The highest BCUT2D eigenvalue weighted by atomic mass is 19.3. The van der Waals surface area contributed by atoms with Crippen molar-refractivity contribution in [3.8, 4) is 0 Å². The zero-order valence-corrected chi connectivity index (χ0v) is 7.80. The van der Waals surface area contributed by atoms with Crippen LogP contribution in [0.2, 0.25) is 0 Å². The van der Waals surface area contributed by atoms with E-state index >= 15 is 0 Å². The predicted molar refractivity (Wildman–Crippen MR) is 45.6 cm³/mol. The summed E-state index contributed by atoms with van der Waals surface area (Å²) in [5.74, 6) is -0.423. The molecule has 0 radical (unpaired) electrons. The van der Waals surface area contributed by atoms with Crippen LogP contribution in [0.3, 0.4) is 0 Å². The first kappa shape index (κ1) is 10.4. The van der Waals surface area contributed by atoms with Gasteiger partial charge in [-0.25, -0.2) is 8.78 Å². The molecule has 13 heavy (non-hydrogen) atoms. The predicted octanol–water partition coefficient (Wildman–Crippen LogP) is 1.90. The van der Waals surface area contributed by atoms with Crippen molar-refractivity contribution in [3.05, 3.63) is 0 Å². The van der Waals surface area contributed by atoms with Gasteiger partial charge in [0.1, 0.15) is 0 Å². The largest absolute Gasteiger partial charge is 0.343 e. The Morgan fingerprint density at radius 2 is 2.00 bits per heavy atom. The number of amides is 1. The van der Waals surface area contributed by atoms with Crippen LogP contribution in [-0.4, -0.2) is 30.3 Å². The van der Waals surface area contributed by atoms with E-state index in [2.05, 4.69) is 0 Å². The monoisotopic (exact) mass is 191 g/mol. The minimum atomic E-state index is -2.22. The average molecular weight is 191 g/mol. The maximum atomic E-state index is 12.2. The van der Waals surface area contributed by atoms with E-state index in [1.54, 1.807) is 11.8 Å². The van der Waals surface area contributed by atoms with Crippen LogP contribution < -0.4 is 0 Å². The van der Waals surface area contributed by atoms with Crippen molar-refractivity contribution >= 4 is 5.91 Å². The molecule has 1 heterocycles. The molecule has 1 fully saturated rings. The molecule has 0 aromatic carbocycles. The lowest BCUT2D eigenvalue weighted by atomic mass is 9.97. The summed E-state index contributed by atoms with van der Waals surface area (Å²) >= 11 is 0. The van der Waals surface area contributed by atoms with Gasteiger partial charge in [0.25, 0.3) is 0 Å². The number of likely N-dealkylation sites (tertiary alicyclic amines) is 1. The van der Waals surface area contributed by atoms with Crippen molar-refractivity contribution < 1.29 is 13.6 Å². The molecule has 0 atom stereocenters. The summed E-state index contributed by atoms with van der Waals surface area (Å²) in [6, 6.07) is 0. The van der Waals surface area contributed by atoms with Crippen molar-refractivity contribution in [2.45, 2.75) is 32.6 Å². The zero-order valence-electron chi connectivity index (χ0n) is 7.80. The number of alkyl halides is 2. The van der Waals surface area contributed by atoms with E-state index in [4.69, 9.17) is 0 Å². The fourth-order valence-corrected chi connectivity index (χ4v) is 1.62. The first-order chi connectivity index (χ1) is 6.15. The summed E-state index contributed by atoms with van der Waals surface area (Å²) in [5, 5.41) is 0. The molecule has 2 nitrogen and oxygen atoms in total. The lowest BCUT2D eigenvalue weighted by Crippen LogP contribution is -2.39. The van der Waals surface area contributed by atoms with Crippen LogP contribution in [0.1, 0.15) is 26.2 Å². The quantitative estimate of drug-likeness (QED) is 0.652. The molecule has 0 aromatic rings. The van der Waals surface area contributed by atoms with E-state index in [-0.39, 0.29) is 5.91 Å². The van der Waals surface area contributed by atoms with Crippen LogP contribution in [0, 0.1) is 5.92 Å². The SMILES string of the molecule is CCC(=O)N1CCC(C(F)F)CC1. The minimum Gasteiger partial charge on any atom is -0.343 e. The zero-order chi connectivity index (χ0) is 9.84. The molecular formula is C9H15F2NO. The smallest absolute Gasteiger partial charge is 0.241 e. The van der Waals surface area contributed by atoms with Gasteiger partial charge in [-0.3, -0.25) is 4.79 Å². The summed E-state index contributed by atoms with van der Waals surface area (Å²) in [5.41, 5.74) is 0. The van der Waals surface area contributed by atoms with Gasteiger partial charge in [-0.2, -0.15) is 0 Å². The van der Waals surface area contributed by atoms with Crippen molar-refractivity contribution in [1.29, 1.82) is 0 Å². The second-order valence-electron chi connectivity index (χ2n) is 3.41. The van der Waals surface area contributed by atoms with Crippen molar-refractivity contribution in [2.24, 2.45) is 5.92 Å². The third kappa shape index (κ3) is 2.64. The molecule has 1 saturated heterocycles. The fourth-order valence-electron chi connectivity index (χ4n) is 1.62. The number of hydrogen-bond donors (Lipinski definition) is 0. The Kier molecular flexibility index (Phi) is 3.63. The summed E-state index contributed by atoms with van der Waals surface area (Å²) in [6.07, 6.45) is -0.856. The van der Waals surface area contributed by atoms with E-state index in [0.29, 0.717) is 32.4 Å². The van der Waals surface area contributed by atoms with Crippen LogP contribution in [0.25, 0.3) is 0 Å². The van der Waals surface area contributed by atoms with Gasteiger partial charge in [0, 0.05) is 25.4 Å². The molecule has 0 saturated carbocycles. The van der Waals surface area contributed by atoms with Crippen molar-refractivity contribution in [1.82, 2.24) is 4.90 Å². The van der Waals surface area contributed by atoms with E-state index < -0.39 is 12.3 Å². The van der Waals surface area contributed by atoms with Crippen LogP contribution in [-0.2, 0) is 4.79 Å². The van der Waals surface area contributed by atoms with Gasteiger partial charge in [0.05, 0.1) is 0 Å². The summed E-state index contributed by atoms with van der Waals surface area (Å²) in [4.78, 5) is 12.9. The van der Waals surface area contributed by atoms with Crippen LogP contribution >= 0.6 is 0 Å². The van der Waals surface area contributed by atoms with Gasteiger partial charge in [-0.05, 0) is 12.8 Å². The topological polar surface area (TPSA) is 20.3 Å². The van der Waals surface area contributed by atoms with Gasteiger partial charge >= 0.3 is 0 Å². The van der Waals surface area contributed by atoms with Gasteiger partial charge in [-0.1, -0.05) is 6.92 Å². The Labute approximate surface area is 76.9 Å². The second-order valence-corrected chi connectivity index (χ2v) is 3.41. The van der Waals surface area contributed by atoms with Gasteiger partial charge in [0.15, 0.2) is 0 Å². The number of halogens is 2. The van der Waals surface area contributed by atoms with Crippen molar-refractivity contribution in [3.63, 3.8) is 0 Å². The Hall–Kier alpha value is -0.670. The number of piperidine rings is 1. The number of carbonyl (C=O) groups excluding carboxylic acids is 1. The lowest BCUT2D eigenvalue weighted by Gasteiger charge is -2.31. The summed E-state index contributed by atoms with van der Waals surface area (Å²) in [7, 11) is 0. The molecule has 0 bridgehead atoms. The third-order valence-corrected chi connectivity index (χ3v) is 2.55. The molecule has 76 valence electrons. The molecule has 1 rings (SSSR count). The molecule has 4 heteroatoms. The van der Waals surface area contributed by atoms with E-state index in [9.17, 15) is 13.6 Å². The Balaban J connectivity index is 2.34. The van der Waals surface area contributed by atoms with E-state index in [1.165, 1.54) is 0 Å². The standard InChI is InChI=1S/C9H15F2NO/c1-2-8(13)12-5-3-7(4-6-12)9(10)11/h7,9H,2-6H2,1H3. The van der Waals surface area contributed by atoms with Gasteiger partial charge < -0.3 is 4.90 Å². The van der Waals surface area contributed by atoms with E-state index in [0.717, 1.165) is 0 Å². The molecule has 0 N–H and O–H groups in total. The van der Waals surface area contributed by atoms with Crippen LogP contribution in [0.4, 0.5) is 8.78 Å². The maximum Gasteiger partial charge on any atom is 0.241 e. The number of rotatable bonds is 2. The second kappa shape index (κ2) is 4.53. The minimum absolute atomic E-state index is 0.0766.